The number of hydrogen-bond donors (Lipinski definition) is 0. The lowest BCUT2D eigenvalue weighted by atomic mass is 10.1. The number of carboxylic acids is 1. The lowest BCUT2D eigenvalue weighted by Crippen LogP contribution is -2.48. The molecule has 8 heteroatoms. The van der Waals surface area contributed by atoms with Gasteiger partial charge in [0.25, 0.3) is 5.91 Å². The van der Waals surface area contributed by atoms with Crippen LogP contribution in [0.15, 0.2) is 29.2 Å². The predicted molar refractivity (Wildman–Crippen MR) is 87.3 cm³/mol. The third-order valence-corrected chi connectivity index (χ3v) is 4.51. The Hall–Kier alpha value is -2.19. The molecule has 1 amide bonds. The van der Waals surface area contributed by atoms with Crippen LogP contribution in [0.1, 0.15) is 22.8 Å². The largest absolute Gasteiger partial charge is 0.548 e. The maximum absolute atomic E-state index is 12.3. The highest BCUT2D eigenvalue weighted by Gasteiger charge is 2.35. The molecule has 1 fully saturated rings. The minimum Gasteiger partial charge on any atom is -0.548 e. The quantitative estimate of drug-likeness (QED) is 0.451. The number of amides is 1. The Balaban J connectivity index is 2.24. The predicted octanol–water partition coefficient (Wildman–Crippen LogP) is 0.813. The molecular weight excluding hydrogens is 338 g/mol. The van der Waals surface area contributed by atoms with Crippen molar-refractivity contribution in [1.82, 2.24) is 4.90 Å². The van der Waals surface area contributed by atoms with E-state index in [1.165, 1.54) is 14.0 Å². The molecule has 0 aromatic heterocycles. The summed E-state index contributed by atoms with van der Waals surface area (Å²) in [6.07, 6.45) is 1.59. The molecule has 1 unspecified atom stereocenters. The van der Waals surface area contributed by atoms with Crippen LogP contribution in [-0.2, 0) is 14.3 Å². The van der Waals surface area contributed by atoms with Gasteiger partial charge in [0.1, 0.15) is 4.32 Å². The molecule has 0 spiro atoms. The van der Waals surface area contributed by atoms with Gasteiger partial charge in [0.05, 0.1) is 29.6 Å². The summed E-state index contributed by atoms with van der Waals surface area (Å²) in [5.74, 6) is -2.30. The summed E-state index contributed by atoms with van der Waals surface area (Å²) in [7, 11) is 1.29. The van der Waals surface area contributed by atoms with E-state index in [-0.39, 0.29) is 4.32 Å². The van der Waals surface area contributed by atoms with E-state index in [1.807, 2.05) is 0 Å². The Morgan fingerprint density at radius 2 is 1.96 bits per heavy atom. The number of carbonyl (C=O) groups excluding carboxylic acids is 3. The minimum absolute atomic E-state index is 0.170. The third-order valence-electron chi connectivity index (χ3n) is 3.18. The summed E-state index contributed by atoms with van der Waals surface area (Å²) in [6, 6.07) is 5.32. The van der Waals surface area contributed by atoms with Gasteiger partial charge in [-0.15, -0.1) is 0 Å². The third kappa shape index (κ3) is 3.59. The number of ether oxygens (including phenoxy) is 1. The summed E-state index contributed by atoms with van der Waals surface area (Å²) in [6.45, 7) is 1.34. The van der Waals surface area contributed by atoms with Crippen LogP contribution in [0.25, 0.3) is 6.08 Å². The molecule has 6 nitrogen and oxygen atoms in total. The van der Waals surface area contributed by atoms with Crippen molar-refractivity contribution in [3.63, 3.8) is 0 Å². The Morgan fingerprint density at radius 1 is 1.35 bits per heavy atom. The number of rotatable bonds is 4. The molecule has 0 saturated carbocycles. The van der Waals surface area contributed by atoms with Crippen molar-refractivity contribution in [2.24, 2.45) is 0 Å². The zero-order valence-corrected chi connectivity index (χ0v) is 13.9. The normalized spacial score (nSPS) is 17.5. The molecule has 0 radical (unpaired) electrons. The molecular formula is C15H12NO5S2-. The first kappa shape index (κ1) is 17.2. The van der Waals surface area contributed by atoms with Crippen LogP contribution in [0.3, 0.4) is 0 Å². The van der Waals surface area contributed by atoms with Crippen molar-refractivity contribution in [2.45, 2.75) is 13.0 Å². The van der Waals surface area contributed by atoms with Gasteiger partial charge < -0.3 is 14.6 Å². The number of methoxy groups -OCH3 is 1. The second-order valence-corrected chi connectivity index (χ2v) is 6.34. The highest BCUT2D eigenvalue weighted by Crippen LogP contribution is 2.33. The maximum Gasteiger partial charge on any atom is 0.337 e. The highest BCUT2D eigenvalue weighted by atomic mass is 32.2. The van der Waals surface area contributed by atoms with E-state index in [0.29, 0.717) is 16.0 Å². The van der Waals surface area contributed by atoms with E-state index < -0.39 is 23.9 Å². The van der Waals surface area contributed by atoms with Gasteiger partial charge >= 0.3 is 5.97 Å². The summed E-state index contributed by atoms with van der Waals surface area (Å²) in [5.41, 5.74) is 1.07. The van der Waals surface area contributed by atoms with Crippen molar-refractivity contribution in [3.05, 3.63) is 40.3 Å². The summed E-state index contributed by atoms with van der Waals surface area (Å²) in [5, 5.41) is 10.9. The smallest absolute Gasteiger partial charge is 0.337 e. The number of nitrogens with zero attached hydrogens (tertiary/aromatic N) is 1. The lowest BCUT2D eigenvalue weighted by Gasteiger charge is -2.23. The zero-order chi connectivity index (χ0) is 17.1. The average Bonchev–Trinajstić information content (AvgIpc) is 2.80. The van der Waals surface area contributed by atoms with Crippen molar-refractivity contribution in [1.29, 1.82) is 0 Å². The molecule has 0 aliphatic carbocycles. The molecule has 1 aliphatic rings. The number of benzene rings is 1. The van der Waals surface area contributed by atoms with Crippen molar-refractivity contribution in [2.75, 3.05) is 7.11 Å². The molecule has 1 atom stereocenters. The van der Waals surface area contributed by atoms with Gasteiger partial charge in [0.15, 0.2) is 0 Å². The number of aliphatic carboxylic acids is 1. The molecule has 1 heterocycles. The summed E-state index contributed by atoms with van der Waals surface area (Å²) < 4.78 is 4.78. The van der Waals surface area contributed by atoms with Crippen LogP contribution < -0.4 is 5.11 Å². The van der Waals surface area contributed by atoms with E-state index in [1.54, 1.807) is 30.3 Å². The number of hydrogen-bond acceptors (Lipinski definition) is 7. The molecule has 1 saturated heterocycles. The van der Waals surface area contributed by atoms with E-state index in [0.717, 1.165) is 16.7 Å². The first-order valence-corrected chi connectivity index (χ1v) is 7.74. The minimum atomic E-state index is -1.37. The van der Waals surface area contributed by atoms with Gasteiger partial charge in [-0.1, -0.05) is 36.1 Å². The lowest BCUT2D eigenvalue weighted by molar-refractivity contribution is -0.309. The number of thiocarbonyl (C=S) groups is 1. The summed E-state index contributed by atoms with van der Waals surface area (Å²) in [4.78, 5) is 35.9. The van der Waals surface area contributed by atoms with Gasteiger partial charge in [0, 0.05) is 0 Å². The van der Waals surface area contributed by atoms with Crippen LogP contribution in [0.4, 0.5) is 0 Å². The fraction of sp³-hybridized carbons (Fsp3) is 0.200. The van der Waals surface area contributed by atoms with Crippen molar-refractivity contribution < 1.29 is 24.2 Å². The number of thioether (sulfide) groups is 1. The van der Waals surface area contributed by atoms with Crippen molar-refractivity contribution in [3.8, 4) is 0 Å². The Kier molecular flexibility index (Phi) is 5.17. The topological polar surface area (TPSA) is 86.7 Å². The monoisotopic (exact) mass is 350 g/mol. The molecule has 1 aliphatic heterocycles. The Labute approximate surface area is 142 Å². The molecule has 0 bridgehead atoms. The Bertz CT molecular complexity index is 711. The zero-order valence-electron chi connectivity index (χ0n) is 12.3. The van der Waals surface area contributed by atoms with E-state index in [4.69, 9.17) is 12.2 Å². The standard InChI is InChI=1S/C15H13NO5S2/c1-8(13(18)19)16-12(17)11(23-15(16)22)7-9-3-5-10(6-4-9)14(20)21-2/h3-8H,1-2H3,(H,18,19)/p-1. The maximum atomic E-state index is 12.3. The number of carboxylic acid groups (broad SMARTS) is 1. The number of carbonyl (C=O) groups is 3. The molecule has 23 heavy (non-hydrogen) atoms. The van der Waals surface area contributed by atoms with Gasteiger partial charge in [0.2, 0.25) is 0 Å². The molecule has 1 aromatic rings. The molecule has 1 aromatic carbocycles. The summed E-state index contributed by atoms with van der Waals surface area (Å²) >= 11 is 6.08. The second-order valence-electron chi connectivity index (χ2n) is 4.66. The number of esters is 1. The highest BCUT2D eigenvalue weighted by molar-refractivity contribution is 8.26. The SMILES string of the molecule is COC(=O)c1ccc(C=C2SC(=S)N(C(C)C(=O)[O-])C2=O)cc1. The van der Waals surface area contributed by atoms with Crippen LogP contribution in [0, 0.1) is 0 Å². The van der Waals surface area contributed by atoms with Gasteiger partial charge in [-0.3, -0.25) is 9.69 Å². The van der Waals surface area contributed by atoms with Crippen LogP contribution in [0.5, 0.6) is 0 Å². The van der Waals surface area contributed by atoms with E-state index in [9.17, 15) is 19.5 Å². The van der Waals surface area contributed by atoms with Gasteiger partial charge in [-0.25, -0.2) is 4.79 Å². The van der Waals surface area contributed by atoms with E-state index in [2.05, 4.69) is 4.74 Å². The Morgan fingerprint density at radius 3 is 2.48 bits per heavy atom. The molecule has 0 N–H and O–H groups in total. The fourth-order valence-corrected chi connectivity index (χ4v) is 3.32. The molecule has 120 valence electrons. The van der Waals surface area contributed by atoms with Crippen LogP contribution >= 0.6 is 24.0 Å². The van der Waals surface area contributed by atoms with Gasteiger partial charge in [-0.2, -0.15) is 0 Å². The fourth-order valence-electron chi connectivity index (χ4n) is 1.90. The van der Waals surface area contributed by atoms with E-state index >= 15 is 0 Å². The first-order chi connectivity index (χ1) is 10.8. The van der Waals surface area contributed by atoms with Gasteiger partial charge in [-0.05, 0) is 30.7 Å². The van der Waals surface area contributed by atoms with Crippen LogP contribution in [-0.4, -0.2) is 40.2 Å². The molecule has 2 rings (SSSR count). The van der Waals surface area contributed by atoms with Crippen LogP contribution in [0.2, 0.25) is 0 Å². The second kappa shape index (κ2) is 6.93. The van der Waals surface area contributed by atoms with Crippen molar-refractivity contribution >= 4 is 52.2 Å². The first-order valence-electron chi connectivity index (χ1n) is 6.51. The average molecular weight is 350 g/mol.